The second-order valence-corrected chi connectivity index (χ2v) is 5.43. The summed E-state index contributed by atoms with van der Waals surface area (Å²) < 4.78 is 12.9. The smallest absolute Gasteiger partial charge is 0.255 e. The standard InChI is InChI=1S/C17H12FNOS/c18-13-9-7-12(8-10-13)17(20)19-15-5-2-1-4-14(15)16-6-3-11-21-16/h1-11H,(H,19,20). The van der Waals surface area contributed by atoms with Gasteiger partial charge < -0.3 is 5.32 Å². The molecule has 0 saturated heterocycles. The second-order valence-electron chi connectivity index (χ2n) is 4.48. The van der Waals surface area contributed by atoms with Gasteiger partial charge in [0.2, 0.25) is 0 Å². The normalized spacial score (nSPS) is 10.3. The van der Waals surface area contributed by atoms with Gasteiger partial charge in [0.1, 0.15) is 5.82 Å². The Hall–Kier alpha value is -2.46. The van der Waals surface area contributed by atoms with Crippen LogP contribution in [-0.4, -0.2) is 5.91 Å². The van der Waals surface area contributed by atoms with Gasteiger partial charge in [-0.25, -0.2) is 4.39 Å². The molecule has 3 aromatic rings. The van der Waals surface area contributed by atoms with Gasteiger partial charge in [0.05, 0.1) is 0 Å². The highest BCUT2D eigenvalue weighted by molar-refractivity contribution is 7.13. The van der Waals surface area contributed by atoms with Crippen LogP contribution in [0.15, 0.2) is 66.0 Å². The molecule has 2 aromatic carbocycles. The van der Waals surface area contributed by atoms with E-state index in [9.17, 15) is 9.18 Å². The average molecular weight is 297 g/mol. The van der Waals surface area contributed by atoms with Crippen LogP contribution in [0.3, 0.4) is 0 Å². The molecule has 21 heavy (non-hydrogen) atoms. The third-order valence-electron chi connectivity index (χ3n) is 3.07. The van der Waals surface area contributed by atoms with Crippen molar-refractivity contribution < 1.29 is 9.18 Å². The lowest BCUT2D eigenvalue weighted by Gasteiger charge is -2.10. The first-order chi connectivity index (χ1) is 10.2. The van der Waals surface area contributed by atoms with Gasteiger partial charge in [0.25, 0.3) is 5.91 Å². The van der Waals surface area contributed by atoms with Gasteiger partial charge in [-0.1, -0.05) is 24.3 Å². The van der Waals surface area contributed by atoms with Gasteiger partial charge in [-0.2, -0.15) is 0 Å². The molecule has 1 heterocycles. The first-order valence-electron chi connectivity index (χ1n) is 6.44. The predicted molar refractivity (Wildman–Crippen MR) is 84.1 cm³/mol. The number of thiophene rings is 1. The van der Waals surface area contributed by atoms with Crippen LogP contribution >= 0.6 is 11.3 Å². The average Bonchev–Trinajstić information content (AvgIpc) is 3.02. The number of carbonyl (C=O) groups is 1. The monoisotopic (exact) mass is 297 g/mol. The molecule has 0 fully saturated rings. The van der Waals surface area contributed by atoms with E-state index in [1.165, 1.54) is 24.3 Å². The second kappa shape index (κ2) is 5.89. The summed E-state index contributed by atoms with van der Waals surface area (Å²) in [5, 5.41) is 4.87. The largest absolute Gasteiger partial charge is 0.321 e. The minimum absolute atomic E-state index is 0.251. The molecule has 0 aliphatic rings. The SMILES string of the molecule is O=C(Nc1ccccc1-c1cccs1)c1ccc(F)cc1. The molecule has 104 valence electrons. The van der Waals surface area contributed by atoms with Crippen LogP contribution < -0.4 is 5.32 Å². The van der Waals surface area contributed by atoms with Crippen molar-refractivity contribution in [2.24, 2.45) is 0 Å². The molecule has 1 N–H and O–H groups in total. The molecule has 2 nitrogen and oxygen atoms in total. The van der Waals surface area contributed by atoms with Crippen molar-refractivity contribution in [1.29, 1.82) is 0 Å². The van der Waals surface area contributed by atoms with Crippen LogP contribution in [0, 0.1) is 5.82 Å². The van der Waals surface area contributed by atoms with Crippen molar-refractivity contribution >= 4 is 22.9 Å². The van der Waals surface area contributed by atoms with E-state index in [1.807, 2.05) is 41.8 Å². The summed E-state index contributed by atoms with van der Waals surface area (Å²) in [6.45, 7) is 0. The molecule has 0 bridgehead atoms. The van der Waals surface area contributed by atoms with Crippen molar-refractivity contribution in [1.82, 2.24) is 0 Å². The summed E-state index contributed by atoms with van der Waals surface area (Å²) in [6, 6.07) is 17.1. The summed E-state index contributed by atoms with van der Waals surface area (Å²) in [5.74, 6) is -0.607. The van der Waals surface area contributed by atoms with E-state index in [0.717, 1.165) is 16.1 Å². The maximum Gasteiger partial charge on any atom is 0.255 e. The van der Waals surface area contributed by atoms with Crippen LogP contribution in [0.4, 0.5) is 10.1 Å². The highest BCUT2D eigenvalue weighted by Gasteiger charge is 2.10. The molecule has 0 aliphatic heterocycles. The number of halogens is 1. The molecule has 3 rings (SSSR count). The van der Waals surface area contributed by atoms with Crippen molar-refractivity contribution in [3.63, 3.8) is 0 Å². The zero-order chi connectivity index (χ0) is 14.7. The lowest BCUT2D eigenvalue weighted by Crippen LogP contribution is -2.12. The Morgan fingerprint density at radius 2 is 1.71 bits per heavy atom. The molecular weight excluding hydrogens is 285 g/mol. The first kappa shape index (κ1) is 13.5. The molecule has 0 saturated carbocycles. The number of hydrogen-bond donors (Lipinski definition) is 1. The summed E-state index contributed by atoms with van der Waals surface area (Å²) in [6.07, 6.45) is 0. The Balaban J connectivity index is 1.88. The van der Waals surface area contributed by atoms with E-state index >= 15 is 0 Å². The number of carbonyl (C=O) groups excluding carboxylic acids is 1. The van der Waals surface area contributed by atoms with E-state index in [-0.39, 0.29) is 11.7 Å². The number of amides is 1. The van der Waals surface area contributed by atoms with Crippen LogP contribution in [0.5, 0.6) is 0 Å². The van der Waals surface area contributed by atoms with Gasteiger partial charge in [0.15, 0.2) is 0 Å². The Bertz CT molecular complexity index is 751. The lowest BCUT2D eigenvalue weighted by molar-refractivity contribution is 0.102. The van der Waals surface area contributed by atoms with E-state index in [2.05, 4.69) is 5.32 Å². The van der Waals surface area contributed by atoms with Gasteiger partial charge in [-0.3, -0.25) is 4.79 Å². The minimum Gasteiger partial charge on any atom is -0.321 e. The van der Waals surface area contributed by atoms with Crippen LogP contribution in [0.2, 0.25) is 0 Å². The Morgan fingerprint density at radius 3 is 2.43 bits per heavy atom. The van der Waals surface area contributed by atoms with Crippen LogP contribution in [-0.2, 0) is 0 Å². The molecule has 0 spiro atoms. The summed E-state index contributed by atoms with van der Waals surface area (Å²) in [7, 11) is 0. The summed E-state index contributed by atoms with van der Waals surface area (Å²) in [4.78, 5) is 13.3. The molecule has 0 unspecified atom stereocenters. The van der Waals surface area contributed by atoms with Gasteiger partial charge in [0, 0.05) is 21.7 Å². The highest BCUT2D eigenvalue weighted by atomic mass is 32.1. The number of para-hydroxylation sites is 1. The fraction of sp³-hybridized carbons (Fsp3) is 0. The van der Waals surface area contributed by atoms with Crippen molar-refractivity contribution in [2.45, 2.75) is 0 Å². The number of anilines is 1. The van der Waals surface area contributed by atoms with Crippen LogP contribution in [0.25, 0.3) is 10.4 Å². The topological polar surface area (TPSA) is 29.1 Å². The third kappa shape index (κ3) is 3.01. The van der Waals surface area contributed by atoms with Crippen molar-refractivity contribution in [2.75, 3.05) is 5.32 Å². The maximum atomic E-state index is 12.9. The highest BCUT2D eigenvalue weighted by Crippen LogP contribution is 2.31. The molecule has 0 aliphatic carbocycles. The summed E-state index contributed by atoms with van der Waals surface area (Å²) in [5.41, 5.74) is 2.15. The zero-order valence-corrected chi connectivity index (χ0v) is 11.9. The minimum atomic E-state index is -0.356. The molecule has 4 heteroatoms. The Labute approximate surface area is 125 Å². The Morgan fingerprint density at radius 1 is 0.952 bits per heavy atom. The fourth-order valence-electron chi connectivity index (χ4n) is 2.03. The number of nitrogens with one attached hydrogen (secondary N) is 1. The van der Waals surface area contributed by atoms with Crippen molar-refractivity contribution in [3.05, 3.63) is 77.4 Å². The molecule has 0 atom stereocenters. The maximum absolute atomic E-state index is 12.9. The molecule has 1 aromatic heterocycles. The number of benzene rings is 2. The van der Waals surface area contributed by atoms with Crippen LogP contribution in [0.1, 0.15) is 10.4 Å². The third-order valence-corrected chi connectivity index (χ3v) is 3.97. The van der Waals surface area contributed by atoms with Gasteiger partial charge in [-0.15, -0.1) is 11.3 Å². The van der Waals surface area contributed by atoms with Gasteiger partial charge >= 0.3 is 0 Å². The fourth-order valence-corrected chi connectivity index (χ4v) is 2.80. The van der Waals surface area contributed by atoms with E-state index in [0.29, 0.717) is 5.56 Å². The molecule has 0 radical (unpaired) electrons. The molecular formula is C17H12FNOS. The van der Waals surface area contributed by atoms with E-state index in [1.54, 1.807) is 11.3 Å². The quantitative estimate of drug-likeness (QED) is 0.738. The Kier molecular flexibility index (Phi) is 3.79. The van der Waals surface area contributed by atoms with Gasteiger partial charge in [-0.05, 0) is 41.8 Å². The van der Waals surface area contributed by atoms with E-state index < -0.39 is 0 Å². The van der Waals surface area contributed by atoms with E-state index in [4.69, 9.17) is 0 Å². The zero-order valence-electron chi connectivity index (χ0n) is 11.0. The number of hydrogen-bond acceptors (Lipinski definition) is 2. The lowest BCUT2D eigenvalue weighted by atomic mass is 10.1. The number of rotatable bonds is 3. The first-order valence-corrected chi connectivity index (χ1v) is 7.32. The van der Waals surface area contributed by atoms with Crippen molar-refractivity contribution in [3.8, 4) is 10.4 Å². The predicted octanol–water partition coefficient (Wildman–Crippen LogP) is 4.81. The summed E-state index contributed by atoms with van der Waals surface area (Å²) >= 11 is 1.61. The molecule has 1 amide bonds.